The molecule has 2 aliphatic rings. The SMILES string of the molecule is COc1ccc(C(=O)N2CCN(C)CC2)cc1NC(=O)C1=NN(c2ccccc2)C(C(N)=O)C1. The summed E-state index contributed by atoms with van der Waals surface area (Å²) in [4.78, 5) is 42.0. The summed E-state index contributed by atoms with van der Waals surface area (Å²) in [5, 5.41) is 8.61. The Morgan fingerprint density at radius 3 is 2.41 bits per heavy atom. The van der Waals surface area contributed by atoms with Crippen LogP contribution in [0.1, 0.15) is 16.8 Å². The summed E-state index contributed by atoms with van der Waals surface area (Å²) in [5.74, 6) is -0.762. The van der Waals surface area contributed by atoms with Crippen molar-refractivity contribution in [3.8, 4) is 5.75 Å². The molecule has 1 fully saturated rings. The first-order valence-electron chi connectivity index (χ1n) is 11.1. The minimum Gasteiger partial charge on any atom is -0.495 e. The van der Waals surface area contributed by atoms with Crippen LogP contribution in [0.3, 0.4) is 0 Å². The van der Waals surface area contributed by atoms with Gasteiger partial charge in [-0.1, -0.05) is 18.2 Å². The number of ether oxygens (including phenoxy) is 1. The standard InChI is InChI=1S/C24H28N6O4/c1-28-10-12-29(13-11-28)24(33)16-8-9-21(34-2)18(14-16)26-23(32)19-15-20(22(25)31)30(27-19)17-6-4-3-5-7-17/h3-9,14,20H,10-13,15H2,1-2H3,(H2,25,31)(H,26,32). The third kappa shape index (κ3) is 4.86. The van der Waals surface area contributed by atoms with Crippen LogP contribution in [0.15, 0.2) is 53.6 Å². The van der Waals surface area contributed by atoms with Crippen LogP contribution < -0.4 is 20.8 Å². The maximum absolute atomic E-state index is 13.1. The molecule has 10 heteroatoms. The summed E-state index contributed by atoms with van der Waals surface area (Å²) in [6.07, 6.45) is 0.0678. The second-order valence-corrected chi connectivity index (χ2v) is 8.31. The molecule has 1 unspecified atom stereocenters. The van der Waals surface area contributed by atoms with E-state index in [1.165, 1.54) is 12.1 Å². The highest BCUT2D eigenvalue weighted by atomic mass is 16.5. The summed E-state index contributed by atoms with van der Waals surface area (Å²) in [6.45, 7) is 2.90. The molecule has 3 amide bonds. The van der Waals surface area contributed by atoms with Crippen LogP contribution in [-0.2, 0) is 9.59 Å². The van der Waals surface area contributed by atoms with E-state index in [2.05, 4.69) is 15.3 Å². The second kappa shape index (κ2) is 9.92. The average Bonchev–Trinajstić information content (AvgIpc) is 3.31. The van der Waals surface area contributed by atoms with Crippen LogP contribution >= 0.6 is 0 Å². The topological polar surface area (TPSA) is 121 Å². The number of nitrogens with two attached hydrogens (primary N) is 1. The zero-order valence-corrected chi connectivity index (χ0v) is 19.2. The summed E-state index contributed by atoms with van der Waals surface area (Å²) < 4.78 is 5.38. The molecule has 4 rings (SSSR count). The van der Waals surface area contributed by atoms with Gasteiger partial charge in [0.05, 0.1) is 18.5 Å². The Morgan fingerprint density at radius 2 is 1.76 bits per heavy atom. The zero-order valence-electron chi connectivity index (χ0n) is 19.2. The highest BCUT2D eigenvalue weighted by Gasteiger charge is 2.35. The number of carbonyl (C=O) groups is 3. The lowest BCUT2D eigenvalue weighted by Gasteiger charge is -2.32. The molecule has 0 aliphatic carbocycles. The molecule has 2 aromatic rings. The van der Waals surface area contributed by atoms with Gasteiger partial charge in [0, 0.05) is 38.2 Å². The van der Waals surface area contributed by atoms with Gasteiger partial charge in [-0.2, -0.15) is 5.10 Å². The van der Waals surface area contributed by atoms with Gasteiger partial charge in [0.25, 0.3) is 11.8 Å². The van der Waals surface area contributed by atoms with E-state index >= 15 is 0 Å². The van der Waals surface area contributed by atoms with Crippen molar-refractivity contribution in [2.75, 3.05) is 50.7 Å². The first-order chi connectivity index (χ1) is 16.4. The van der Waals surface area contributed by atoms with Gasteiger partial charge >= 0.3 is 0 Å². The van der Waals surface area contributed by atoms with Crippen molar-refractivity contribution in [2.24, 2.45) is 10.8 Å². The number of carbonyl (C=O) groups excluding carboxylic acids is 3. The largest absolute Gasteiger partial charge is 0.495 e. The molecule has 34 heavy (non-hydrogen) atoms. The van der Waals surface area contributed by atoms with Crippen molar-refractivity contribution in [3.63, 3.8) is 0 Å². The Morgan fingerprint density at radius 1 is 1.06 bits per heavy atom. The van der Waals surface area contributed by atoms with Crippen molar-refractivity contribution in [1.82, 2.24) is 9.80 Å². The highest BCUT2D eigenvalue weighted by Crippen LogP contribution is 2.28. The van der Waals surface area contributed by atoms with Gasteiger partial charge < -0.3 is 25.6 Å². The Hall–Kier alpha value is -3.92. The predicted octanol–water partition coefficient (Wildman–Crippen LogP) is 1.14. The summed E-state index contributed by atoms with van der Waals surface area (Å²) in [6, 6.07) is 13.2. The Kier molecular flexibility index (Phi) is 6.78. The lowest BCUT2D eigenvalue weighted by atomic mass is 10.1. The molecule has 0 bridgehead atoms. The summed E-state index contributed by atoms with van der Waals surface area (Å²) in [5.41, 5.74) is 7.19. The van der Waals surface area contributed by atoms with Gasteiger partial charge in [0.15, 0.2) is 0 Å². The van der Waals surface area contributed by atoms with Crippen molar-refractivity contribution in [3.05, 3.63) is 54.1 Å². The van der Waals surface area contributed by atoms with Crippen LogP contribution in [0.5, 0.6) is 5.75 Å². The Balaban J connectivity index is 1.54. The molecule has 2 aromatic carbocycles. The molecule has 10 nitrogen and oxygen atoms in total. The fraction of sp³-hybridized carbons (Fsp3) is 0.333. The number of para-hydroxylation sites is 1. The molecule has 0 aromatic heterocycles. The van der Waals surface area contributed by atoms with Gasteiger partial charge in [0.2, 0.25) is 5.91 Å². The monoisotopic (exact) mass is 464 g/mol. The third-order valence-electron chi connectivity index (χ3n) is 6.01. The van der Waals surface area contributed by atoms with Gasteiger partial charge in [0.1, 0.15) is 17.5 Å². The number of hydrazone groups is 1. The normalized spacial score (nSPS) is 18.4. The van der Waals surface area contributed by atoms with E-state index in [1.807, 2.05) is 25.2 Å². The third-order valence-corrected chi connectivity index (χ3v) is 6.01. The first kappa shape index (κ1) is 23.2. The number of nitrogens with zero attached hydrogens (tertiary/aromatic N) is 4. The number of likely N-dealkylation sites (N-methyl/N-ethyl adjacent to an activating group) is 1. The molecule has 0 saturated carbocycles. The predicted molar refractivity (Wildman–Crippen MR) is 129 cm³/mol. The van der Waals surface area contributed by atoms with Gasteiger partial charge in [-0.25, -0.2) is 0 Å². The van der Waals surface area contributed by atoms with Gasteiger partial charge in [-0.05, 0) is 37.4 Å². The smallest absolute Gasteiger partial charge is 0.272 e. The molecule has 2 aliphatic heterocycles. The van der Waals surface area contributed by atoms with E-state index < -0.39 is 17.9 Å². The van der Waals surface area contributed by atoms with E-state index in [-0.39, 0.29) is 18.0 Å². The first-order valence-corrected chi connectivity index (χ1v) is 11.1. The summed E-state index contributed by atoms with van der Waals surface area (Å²) >= 11 is 0. The summed E-state index contributed by atoms with van der Waals surface area (Å²) in [7, 11) is 3.51. The van der Waals surface area contributed by atoms with E-state index in [0.29, 0.717) is 35.8 Å². The molecular formula is C24H28N6O4. The van der Waals surface area contributed by atoms with Crippen LogP contribution in [0, 0.1) is 0 Å². The van der Waals surface area contributed by atoms with Crippen LogP contribution in [-0.4, -0.2) is 79.6 Å². The van der Waals surface area contributed by atoms with Crippen LogP contribution in [0.2, 0.25) is 0 Å². The average molecular weight is 465 g/mol. The molecule has 1 atom stereocenters. The van der Waals surface area contributed by atoms with E-state index in [1.54, 1.807) is 35.2 Å². The lowest BCUT2D eigenvalue weighted by Crippen LogP contribution is -2.47. The number of amides is 3. The van der Waals surface area contributed by atoms with E-state index in [0.717, 1.165) is 13.1 Å². The molecule has 1 saturated heterocycles. The minimum absolute atomic E-state index is 0.0678. The maximum atomic E-state index is 13.1. The number of benzene rings is 2. The number of primary amides is 1. The molecule has 0 spiro atoms. The van der Waals surface area contributed by atoms with Crippen molar-refractivity contribution in [1.29, 1.82) is 0 Å². The quantitative estimate of drug-likeness (QED) is 0.662. The number of piperazine rings is 1. The number of hydrogen-bond donors (Lipinski definition) is 2. The maximum Gasteiger partial charge on any atom is 0.272 e. The van der Waals surface area contributed by atoms with Crippen molar-refractivity contribution < 1.29 is 19.1 Å². The minimum atomic E-state index is -0.768. The Labute approximate surface area is 197 Å². The van der Waals surface area contributed by atoms with Crippen LogP contribution in [0.25, 0.3) is 0 Å². The number of methoxy groups -OCH3 is 1. The number of rotatable bonds is 6. The number of hydrogen-bond acceptors (Lipinski definition) is 7. The second-order valence-electron chi connectivity index (χ2n) is 8.31. The van der Waals surface area contributed by atoms with Crippen LogP contribution in [0.4, 0.5) is 11.4 Å². The molecule has 3 N–H and O–H groups in total. The fourth-order valence-electron chi connectivity index (χ4n) is 4.01. The highest BCUT2D eigenvalue weighted by molar-refractivity contribution is 6.44. The zero-order chi connectivity index (χ0) is 24.2. The van der Waals surface area contributed by atoms with E-state index in [9.17, 15) is 14.4 Å². The van der Waals surface area contributed by atoms with Gasteiger partial charge in [-0.15, -0.1) is 0 Å². The van der Waals surface area contributed by atoms with Crippen molar-refractivity contribution >= 4 is 34.8 Å². The lowest BCUT2D eigenvalue weighted by molar-refractivity contribution is -0.119. The molecule has 178 valence electrons. The number of nitrogens with one attached hydrogen (secondary N) is 1. The van der Waals surface area contributed by atoms with Crippen molar-refractivity contribution in [2.45, 2.75) is 12.5 Å². The number of anilines is 2. The van der Waals surface area contributed by atoms with E-state index in [4.69, 9.17) is 10.5 Å². The molecule has 2 heterocycles. The fourth-order valence-corrected chi connectivity index (χ4v) is 4.01. The Bertz CT molecular complexity index is 1110. The van der Waals surface area contributed by atoms with Gasteiger partial charge in [-0.3, -0.25) is 19.4 Å². The molecule has 0 radical (unpaired) electrons. The molecular weight excluding hydrogens is 436 g/mol.